The van der Waals surface area contributed by atoms with E-state index in [1.807, 2.05) is 32.0 Å². The predicted molar refractivity (Wildman–Crippen MR) is 72.7 cm³/mol. The number of benzene rings is 1. The van der Waals surface area contributed by atoms with Crippen LogP contribution in [0.1, 0.15) is 28.4 Å². The summed E-state index contributed by atoms with van der Waals surface area (Å²) in [6, 6.07) is 8.75. The standard InChI is InChI=1S/C15H15FN2O/c1-3-11-7-4-6-10(2)13(11)18-15(19)12-8-5-9-17-14(12)16/h4-9H,3H2,1-2H3,(H,18,19). The molecule has 0 saturated carbocycles. The quantitative estimate of drug-likeness (QED) is 0.858. The molecule has 0 unspecified atom stereocenters. The number of rotatable bonds is 3. The number of nitrogens with one attached hydrogen (secondary N) is 1. The van der Waals surface area contributed by atoms with Gasteiger partial charge in [0.25, 0.3) is 5.91 Å². The number of hydrogen-bond donors (Lipinski definition) is 1. The Balaban J connectivity index is 2.32. The highest BCUT2D eigenvalue weighted by molar-refractivity contribution is 6.05. The summed E-state index contributed by atoms with van der Waals surface area (Å²) in [6.07, 6.45) is 2.12. The van der Waals surface area contributed by atoms with Crippen LogP contribution in [0.15, 0.2) is 36.5 Å². The minimum absolute atomic E-state index is 0.0483. The Morgan fingerprint density at radius 1 is 1.32 bits per heavy atom. The summed E-state index contributed by atoms with van der Waals surface area (Å²) in [5, 5.41) is 2.77. The average molecular weight is 258 g/mol. The van der Waals surface area contributed by atoms with Crippen molar-refractivity contribution in [3.05, 3.63) is 59.2 Å². The molecule has 0 bridgehead atoms. The summed E-state index contributed by atoms with van der Waals surface area (Å²) in [6.45, 7) is 3.92. The number of anilines is 1. The van der Waals surface area contributed by atoms with Crippen molar-refractivity contribution in [3.8, 4) is 0 Å². The molecule has 1 N–H and O–H groups in total. The zero-order valence-electron chi connectivity index (χ0n) is 10.9. The van der Waals surface area contributed by atoms with Crippen molar-refractivity contribution in [2.75, 3.05) is 5.32 Å². The number of halogens is 1. The van der Waals surface area contributed by atoms with Crippen LogP contribution in [0.25, 0.3) is 0 Å². The number of aromatic nitrogens is 1. The molecule has 0 spiro atoms. The molecular weight excluding hydrogens is 243 g/mol. The van der Waals surface area contributed by atoms with Gasteiger partial charge in [0, 0.05) is 11.9 Å². The highest BCUT2D eigenvalue weighted by atomic mass is 19.1. The zero-order chi connectivity index (χ0) is 13.8. The smallest absolute Gasteiger partial charge is 0.260 e. The maximum absolute atomic E-state index is 13.5. The summed E-state index contributed by atoms with van der Waals surface area (Å²) in [7, 11) is 0. The average Bonchev–Trinajstić information content (AvgIpc) is 2.41. The number of aryl methyl sites for hydroxylation is 2. The molecule has 4 heteroatoms. The first kappa shape index (κ1) is 13.2. The van der Waals surface area contributed by atoms with Crippen molar-refractivity contribution >= 4 is 11.6 Å². The maximum atomic E-state index is 13.5. The number of amides is 1. The van der Waals surface area contributed by atoms with E-state index in [0.717, 1.165) is 23.2 Å². The first-order chi connectivity index (χ1) is 9.13. The van der Waals surface area contributed by atoms with Crippen LogP contribution in [0.3, 0.4) is 0 Å². The third-order valence-corrected chi connectivity index (χ3v) is 2.98. The van der Waals surface area contributed by atoms with Gasteiger partial charge in [-0.1, -0.05) is 25.1 Å². The third kappa shape index (κ3) is 2.78. The highest BCUT2D eigenvalue weighted by Gasteiger charge is 2.14. The van der Waals surface area contributed by atoms with Crippen LogP contribution < -0.4 is 5.32 Å². The van der Waals surface area contributed by atoms with E-state index in [1.165, 1.54) is 18.3 Å². The Labute approximate surface area is 111 Å². The van der Waals surface area contributed by atoms with Crippen molar-refractivity contribution in [2.45, 2.75) is 20.3 Å². The second kappa shape index (κ2) is 5.61. The number of hydrogen-bond acceptors (Lipinski definition) is 2. The van der Waals surface area contributed by atoms with Crippen molar-refractivity contribution < 1.29 is 9.18 Å². The molecule has 98 valence electrons. The third-order valence-electron chi connectivity index (χ3n) is 2.98. The van der Waals surface area contributed by atoms with Crippen molar-refractivity contribution in [1.82, 2.24) is 4.98 Å². The lowest BCUT2D eigenvalue weighted by atomic mass is 10.1. The molecule has 1 amide bonds. The summed E-state index contributed by atoms with van der Waals surface area (Å²) in [4.78, 5) is 15.5. The number of para-hydroxylation sites is 1. The Morgan fingerprint density at radius 2 is 2.11 bits per heavy atom. The van der Waals surface area contributed by atoms with Crippen LogP contribution in [-0.2, 0) is 6.42 Å². The molecule has 0 atom stereocenters. The van der Waals surface area contributed by atoms with Gasteiger partial charge in [-0.3, -0.25) is 4.79 Å². The SMILES string of the molecule is CCc1cccc(C)c1NC(=O)c1cccnc1F. The van der Waals surface area contributed by atoms with E-state index in [4.69, 9.17) is 0 Å². The summed E-state index contributed by atoms with van der Waals surface area (Å²) < 4.78 is 13.5. The van der Waals surface area contributed by atoms with Crippen molar-refractivity contribution in [1.29, 1.82) is 0 Å². The molecule has 1 aromatic carbocycles. The van der Waals surface area contributed by atoms with Crippen LogP contribution >= 0.6 is 0 Å². The van der Waals surface area contributed by atoms with Gasteiger partial charge in [0.2, 0.25) is 5.95 Å². The second-order valence-corrected chi connectivity index (χ2v) is 4.26. The topological polar surface area (TPSA) is 42.0 Å². The lowest BCUT2D eigenvalue weighted by Gasteiger charge is -2.13. The van der Waals surface area contributed by atoms with E-state index in [2.05, 4.69) is 10.3 Å². The molecule has 3 nitrogen and oxygen atoms in total. The minimum Gasteiger partial charge on any atom is -0.321 e. The van der Waals surface area contributed by atoms with E-state index >= 15 is 0 Å². The van der Waals surface area contributed by atoms with Crippen LogP contribution in [0.2, 0.25) is 0 Å². The zero-order valence-corrected chi connectivity index (χ0v) is 10.9. The fourth-order valence-corrected chi connectivity index (χ4v) is 1.94. The largest absolute Gasteiger partial charge is 0.321 e. The molecule has 1 heterocycles. The van der Waals surface area contributed by atoms with Crippen LogP contribution in [0, 0.1) is 12.9 Å². The lowest BCUT2D eigenvalue weighted by molar-refractivity contribution is 0.102. The van der Waals surface area contributed by atoms with Crippen LogP contribution in [0.5, 0.6) is 0 Å². The molecule has 0 aliphatic carbocycles. The number of nitrogens with zero attached hydrogens (tertiary/aromatic N) is 1. The number of carbonyl (C=O) groups is 1. The maximum Gasteiger partial charge on any atom is 0.260 e. The second-order valence-electron chi connectivity index (χ2n) is 4.26. The Bertz CT molecular complexity index is 611. The molecule has 2 aromatic rings. The Hall–Kier alpha value is -2.23. The van der Waals surface area contributed by atoms with Gasteiger partial charge in [0.15, 0.2) is 0 Å². The number of pyridine rings is 1. The summed E-state index contributed by atoms with van der Waals surface area (Å²) >= 11 is 0. The molecule has 2 rings (SSSR count). The first-order valence-electron chi connectivity index (χ1n) is 6.13. The first-order valence-corrected chi connectivity index (χ1v) is 6.13. The summed E-state index contributed by atoms with van der Waals surface area (Å²) in [5.74, 6) is -1.23. The fourth-order valence-electron chi connectivity index (χ4n) is 1.94. The highest BCUT2D eigenvalue weighted by Crippen LogP contribution is 2.22. The van der Waals surface area contributed by atoms with Gasteiger partial charge in [0.1, 0.15) is 0 Å². The fraction of sp³-hybridized carbons (Fsp3) is 0.200. The molecule has 1 aromatic heterocycles. The molecule has 0 aliphatic rings. The van der Waals surface area contributed by atoms with Gasteiger partial charge in [-0.25, -0.2) is 4.98 Å². The van der Waals surface area contributed by atoms with Crippen molar-refractivity contribution in [3.63, 3.8) is 0 Å². The van der Waals surface area contributed by atoms with Gasteiger partial charge in [-0.15, -0.1) is 0 Å². The molecule has 0 fully saturated rings. The van der Waals surface area contributed by atoms with E-state index < -0.39 is 11.9 Å². The predicted octanol–water partition coefficient (Wildman–Crippen LogP) is 3.34. The molecule has 0 saturated heterocycles. The van der Waals surface area contributed by atoms with E-state index in [0.29, 0.717) is 0 Å². The van der Waals surface area contributed by atoms with Crippen molar-refractivity contribution in [2.24, 2.45) is 0 Å². The van der Waals surface area contributed by atoms with Gasteiger partial charge in [0.05, 0.1) is 5.56 Å². The van der Waals surface area contributed by atoms with Crippen LogP contribution in [0.4, 0.5) is 10.1 Å². The molecule has 0 radical (unpaired) electrons. The minimum atomic E-state index is -0.758. The summed E-state index contributed by atoms with van der Waals surface area (Å²) in [5.41, 5.74) is 2.68. The van der Waals surface area contributed by atoms with E-state index in [9.17, 15) is 9.18 Å². The van der Waals surface area contributed by atoms with E-state index in [-0.39, 0.29) is 5.56 Å². The monoisotopic (exact) mass is 258 g/mol. The Kier molecular flexibility index (Phi) is 3.90. The van der Waals surface area contributed by atoms with Gasteiger partial charge in [-0.2, -0.15) is 4.39 Å². The Morgan fingerprint density at radius 3 is 2.79 bits per heavy atom. The van der Waals surface area contributed by atoms with Gasteiger partial charge >= 0.3 is 0 Å². The lowest BCUT2D eigenvalue weighted by Crippen LogP contribution is -2.16. The van der Waals surface area contributed by atoms with Crippen LogP contribution in [-0.4, -0.2) is 10.9 Å². The van der Waals surface area contributed by atoms with E-state index in [1.54, 1.807) is 0 Å². The van der Waals surface area contributed by atoms with Gasteiger partial charge in [-0.05, 0) is 36.6 Å². The molecule has 19 heavy (non-hydrogen) atoms. The van der Waals surface area contributed by atoms with Gasteiger partial charge < -0.3 is 5.32 Å². The normalized spacial score (nSPS) is 10.3. The molecule has 0 aliphatic heterocycles. The number of carbonyl (C=O) groups excluding carboxylic acids is 1. The molecular formula is C15H15FN2O.